The van der Waals surface area contributed by atoms with Crippen LogP contribution in [0.2, 0.25) is 0 Å². The van der Waals surface area contributed by atoms with Crippen LogP contribution in [0, 0.1) is 5.92 Å². The maximum atomic E-state index is 8.99. The van der Waals surface area contributed by atoms with Crippen LogP contribution in [0.1, 0.15) is 59.3 Å². The highest BCUT2D eigenvalue weighted by Gasteiger charge is 2.29. The number of aliphatic hydroxyl groups excluding tert-OH is 1. The Morgan fingerprint density at radius 1 is 1.25 bits per heavy atom. The Labute approximate surface area is 101 Å². The predicted octanol–water partition coefficient (Wildman–Crippen LogP) is 3.05. The van der Waals surface area contributed by atoms with Gasteiger partial charge in [-0.15, -0.1) is 0 Å². The Morgan fingerprint density at radius 2 is 1.94 bits per heavy atom. The lowest BCUT2D eigenvalue weighted by Crippen LogP contribution is -2.46. The van der Waals surface area contributed by atoms with Crippen molar-refractivity contribution in [1.82, 2.24) is 4.90 Å². The average molecular weight is 227 g/mol. The van der Waals surface area contributed by atoms with Gasteiger partial charge in [0.25, 0.3) is 0 Å². The molecule has 1 N–H and O–H groups in total. The molecular formula is C14H29NO. The van der Waals surface area contributed by atoms with E-state index in [1.807, 2.05) is 0 Å². The summed E-state index contributed by atoms with van der Waals surface area (Å²) in [5.74, 6) is 0.884. The smallest absolute Gasteiger partial charge is 0.0443 e. The molecular weight excluding hydrogens is 198 g/mol. The molecule has 1 aliphatic carbocycles. The highest BCUT2D eigenvalue weighted by atomic mass is 16.3. The van der Waals surface area contributed by atoms with E-state index in [1.54, 1.807) is 0 Å². The van der Waals surface area contributed by atoms with Gasteiger partial charge in [-0.25, -0.2) is 0 Å². The maximum Gasteiger partial charge on any atom is 0.0443 e. The summed E-state index contributed by atoms with van der Waals surface area (Å²) < 4.78 is 0. The zero-order chi connectivity index (χ0) is 12.0. The van der Waals surface area contributed by atoms with Gasteiger partial charge >= 0.3 is 0 Å². The zero-order valence-corrected chi connectivity index (χ0v) is 11.3. The van der Waals surface area contributed by atoms with Crippen molar-refractivity contribution in [2.75, 3.05) is 13.2 Å². The minimum atomic E-state index is 0.326. The molecule has 0 bridgehead atoms. The van der Waals surface area contributed by atoms with Gasteiger partial charge in [0.2, 0.25) is 0 Å². The Balaban J connectivity index is 2.58. The third-order valence-electron chi connectivity index (χ3n) is 4.06. The van der Waals surface area contributed by atoms with Gasteiger partial charge < -0.3 is 5.11 Å². The fourth-order valence-corrected chi connectivity index (χ4v) is 3.16. The number of rotatable bonds is 6. The van der Waals surface area contributed by atoms with Crippen LogP contribution in [0.4, 0.5) is 0 Å². The zero-order valence-electron chi connectivity index (χ0n) is 11.3. The van der Waals surface area contributed by atoms with E-state index >= 15 is 0 Å². The van der Waals surface area contributed by atoms with Gasteiger partial charge in [-0.1, -0.05) is 26.2 Å². The van der Waals surface area contributed by atoms with Crippen molar-refractivity contribution in [1.29, 1.82) is 0 Å². The molecule has 1 aliphatic rings. The van der Waals surface area contributed by atoms with Crippen LogP contribution in [-0.2, 0) is 0 Å². The van der Waals surface area contributed by atoms with Gasteiger partial charge in [0.1, 0.15) is 0 Å². The van der Waals surface area contributed by atoms with Gasteiger partial charge in [0.05, 0.1) is 0 Å². The fraction of sp³-hybridized carbons (Fsp3) is 1.00. The summed E-state index contributed by atoms with van der Waals surface area (Å²) in [6.45, 7) is 8.30. The molecule has 0 radical (unpaired) electrons. The van der Waals surface area contributed by atoms with E-state index in [0.29, 0.717) is 12.6 Å². The fourth-order valence-electron chi connectivity index (χ4n) is 3.16. The van der Waals surface area contributed by atoms with Crippen LogP contribution in [0.5, 0.6) is 0 Å². The van der Waals surface area contributed by atoms with E-state index in [2.05, 4.69) is 25.7 Å². The molecule has 0 saturated heterocycles. The molecule has 0 amide bonds. The van der Waals surface area contributed by atoms with Crippen LogP contribution in [0.15, 0.2) is 0 Å². The molecule has 2 heteroatoms. The molecule has 0 aromatic heterocycles. The summed E-state index contributed by atoms with van der Waals surface area (Å²) in [5.41, 5.74) is 0. The molecule has 1 rings (SSSR count). The van der Waals surface area contributed by atoms with Crippen molar-refractivity contribution in [3.05, 3.63) is 0 Å². The summed E-state index contributed by atoms with van der Waals surface area (Å²) >= 11 is 0. The second-order valence-corrected chi connectivity index (χ2v) is 5.43. The lowest BCUT2D eigenvalue weighted by atomic mass is 9.81. The van der Waals surface area contributed by atoms with Crippen molar-refractivity contribution in [2.24, 2.45) is 5.92 Å². The van der Waals surface area contributed by atoms with E-state index in [4.69, 9.17) is 5.11 Å². The molecule has 96 valence electrons. The highest BCUT2D eigenvalue weighted by Crippen LogP contribution is 2.31. The second kappa shape index (κ2) is 7.29. The third-order valence-corrected chi connectivity index (χ3v) is 4.06. The standard InChI is InChI=1S/C14H29NO/c1-4-13-8-5-6-9-14(13)15(12(2)3)10-7-11-16/h12-14,16H,4-11H2,1-3H3. The first-order valence-electron chi connectivity index (χ1n) is 7.07. The van der Waals surface area contributed by atoms with E-state index in [1.165, 1.54) is 32.1 Å². The van der Waals surface area contributed by atoms with Gasteiger partial charge in [0, 0.05) is 25.2 Å². The lowest BCUT2D eigenvalue weighted by molar-refractivity contribution is 0.0671. The number of nitrogens with zero attached hydrogens (tertiary/aromatic N) is 1. The summed E-state index contributed by atoms with van der Waals surface area (Å²) in [6, 6.07) is 1.38. The van der Waals surface area contributed by atoms with Crippen molar-refractivity contribution in [3.8, 4) is 0 Å². The normalized spacial score (nSPS) is 26.6. The predicted molar refractivity (Wildman–Crippen MR) is 69.6 cm³/mol. The first-order chi connectivity index (χ1) is 7.70. The largest absolute Gasteiger partial charge is 0.396 e. The van der Waals surface area contributed by atoms with E-state index < -0.39 is 0 Å². The molecule has 16 heavy (non-hydrogen) atoms. The van der Waals surface area contributed by atoms with Crippen LogP contribution < -0.4 is 0 Å². The van der Waals surface area contributed by atoms with E-state index in [9.17, 15) is 0 Å². The highest BCUT2D eigenvalue weighted by molar-refractivity contribution is 4.84. The van der Waals surface area contributed by atoms with Crippen LogP contribution in [0.3, 0.4) is 0 Å². The molecule has 2 nitrogen and oxygen atoms in total. The molecule has 0 aromatic rings. The third kappa shape index (κ3) is 3.74. The lowest BCUT2D eigenvalue weighted by Gasteiger charge is -2.42. The van der Waals surface area contributed by atoms with Crippen LogP contribution in [0.25, 0.3) is 0 Å². The van der Waals surface area contributed by atoms with Crippen molar-refractivity contribution in [3.63, 3.8) is 0 Å². The Bertz CT molecular complexity index is 182. The van der Waals surface area contributed by atoms with Gasteiger partial charge in [-0.2, -0.15) is 0 Å². The van der Waals surface area contributed by atoms with Gasteiger partial charge in [-0.3, -0.25) is 4.90 Å². The van der Waals surface area contributed by atoms with Gasteiger partial charge in [-0.05, 0) is 39.0 Å². The Hall–Kier alpha value is -0.0800. The number of hydrogen-bond acceptors (Lipinski definition) is 2. The maximum absolute atomic E-state index is 8.99. The molecule has 0 aromatic carbocycles. The first-order valence-corrected chi connectivity index (χ1v) is 7.07. The van der Waals surface area contributed by atoms with Crippen molar-refractivity contribution < 1.29 is 5.11 Å². The SMILES string of the molecule is CCC1CCCCC1N(CCCO)C(C)C. The van der Waals surface area contributed by atoms with Crippen molar-refractivity contribution >= 4 is 0 Å². The summed E-state index contributed by atoms with van der Waals surface area (Å²) in [4.78, 5) is 2.63. The van der Waals surface area contributed by atoms with Crippen LogP contribution >= 0.6 is 0 Å². The Kier molecular flexibility index (Phi) is 6.37. The molecule has 0 heterocycles. The minimum absolute atomic E-state index is 0.326. The second-order valence-electron chi connectivity index (χ2n) is 5.43. The molecule has 0 aliphatic heterocycles. The first kappa shape index (κ1) is 14.0. The Morgan fingerprint density at radius 3 is 2.50 bits per heavy atom. The van der Waals surface area contributed by atoms with Gasteiger partial charge in [0.15, 0.2) is 0 Å². The number of hydrogen-bond donors (Lipinski definition) is 1. The van der Waals surface area contributed by atoms with E-state index in [-0.39, 0.29) is 0 Å². The molecule has 0 spiro atoms. The monoisotopic (exact) mass is 227 g/mol. The minimum Gasteiger partial charge on any atom is -0.396 e. The number of aliphatic hydroxyl groups is 1. The van der Waals surface area contributed by atoms with Crippen LogP contribution in [-0.4, -0.2) is 35.2 Å². The van der Waals surface area contributed by atoms with E-state index in [0.717, 1.165) is 24.9 Å². The summed E-state index contributed by atoms with van der Waals surface area (Å²) in [6.07, 6.45) is 7.81. The quantitative estimate of drug-likeness (QED) is 0.754. The molecule has 1 fully saturated rings. The summed E-state index contributed by atoms with van der Waals surface area (Å²) in [7, 11) is 0. The molecule has 2 atom stereocenters. The molecule has 1 saturated carbocycles. The summed E-state index contributed by atoms with van der Waals surface area (Å²) in [5, 5.41) is 8.99. The van der Waals surface area contributed by atoms with Crippen molar-refractivity contribution in [2.45, 2.75) is 71.4 Å². The molecule has 2 unspecified atom stereocenters. The topological polar surface area (TPSA) is 23.5 Å². The average Bonchev–Trinajstić information content (AvgIpc) is 2.29.